The summed E-state index contributed by atoms with van der Waals surface area (Å²) >= 11 is 0. The van der Waals surface area contributed by atoms with Crippen LogP contribution in [0.1, 0.15) is 12.2 Å². The van der Waals surface area contributed by atoms with E-state index in [-0.39, 0.29) is 0 Å². The number of hydrogen-bond acceptors (Lipinski definition) is 4. The molecule has 0 aliphatic carbocycles. The van der Waals surface area contributed by atoms with Gasteiger partial charge in [-0.3, -0.25) is 0 Å². The maximum absolute atomic E-state index is 4.80. The Balaban J connectivity index is 2.32. The van der Waals surface area contributed by atoms with Gasteiger partial charge in [0.25, 0.3) is 0 Å². The third-order valence-corrected chi connectivity index (χ3v) is 1.15. The molecule has 0 aromatic carbocycles. The highest BCUT2D eigenvalue weighted by Gasteiger charge is 1.98. The van der Waals surface area contributed by atoms with Crippen molar-refractivity contribution >= 4 is 6.01 Å². The highest BCUT2D eigenvalue weighted by molar-refractivity contribution is 5.17. The third kappa shape index (κ3) is 2.41. The van der Waals surface area contributed by atoms with Crippen LogP contribution < -0.4 is 5.32 Å². The molecule has 0 aliphatic rings. The van der Waals surface area contributed by atoms with Crippen molar-refractivity contribution in [2.45, 2.75) is 13.3 Å². The number of hydrogen-bond donors (Lipinski definition) is 1. The van der Waals surface area contributed by atoms with Gasteiger partial charge in [0.1, 0.15) is 0 Å². The van der Waals surface area contributed by atoms with Crippen LogP contribution in [-0.2, 0) is 0 Å². The van der Waals surface area contributed by atoms with E-state index in [4.69, 9.17) is 4.52 Å². The number of rotatable bonds is 4. The molecule has 1 rings (SSSR count). The van der Waals surface area contributed by atoms with E-state index in [1.165, 1.54) is 0 Å². The van der Waals surface area contributed by atoms with E-state index in [1.807, 2.05) is 6.08 Å². The predicted octanol–water partition coefficient (Wildman–Crippen LogP) is 1.37. The van der Waals surface area contributed by atoms with E-state index in [9.17, 15) is 0 Å². The largest absolute Gasteiger partial charge is 0.337 e. The first kappa shape index (κ1) is 7.78. The van der Waals surface area contributed by atoms with E-state index in [1.54, 1.807) is 6.92 Å². The van der Waals surface area contributed by atoms with Crippen LogP contribution in [0.5, 0.6) is 0 Å². The van der Waals surface area contributed by atoms with Gasteiger partial charge in [0.15, 0.2) is 5.82 Å². The second-order valence-corrected chi connectivity index (χ2v) is 2.15. The number of anilines is 1. The maximum Gasteiger partial charge on any atom is 0.321 e. The summed E-state index contributed by atoms with van der Waals surface area (Å²) in [5, 5.41) is 6.58. The van der Waals surface area contributed by atoms with Gasteiger partial charge < -0.3 is 9.84 Å². The fraction of sp³-hybridized carbons (Fsp3) is 0.429. The van der Waals surface area contributed by atoms with Crippen molar-refractivity contribution in [3.05, 3.63) is 18.5 Å². The van der Waals surface area contributed by atoms with Crippen molar-refractivity contribution in [1.29, 1.82) is 0 Å². The Labute approximate surface area is 65.3 Å². The Morgan fingerprint density at radius 1 is 1.73 bits per heavy atom. The van der Waals surface area contributed by atoms with Gasteiger partial charge in [-0.1, -0.05) is 11.2 Å². The second kappa shape index (κ2) is 3.75. The lowest BCUT2D eigenvalue weighted by Crippen LogP contribution is -1.99. The Morgan fingerprint density at radius 3 is 3.09 bits per heavy atom. The lowest BCUT2D eigenvalue weighted by Gasteiger charge is -1.94. The van der Waals surface area contributed by atoms with Gasteiger partial charge in [0.05, 0.1) is 0 Å². The lowest BCUT2D eigenvalue weighted by atomic mass is 10.4. The Hall–Kier alpha value is -1.32. The van der Waals surface area contributed by atoms with Crippen LogP contribution >= 0.6 is 0 Å². The molecular weight excluding hydrogens is 142 g/mol. The molecule has 0 saturated carbocycles. The highest BCUT2D eigenvalue weighted by Crippen LogP contribution is 2.01. The summed E-state index contributed by atoms with van der Waals surface area (Å²) in [5.74, 6) is 0.645. The topological polar surface area (TPSA) is 51.0 Å². The Kier molecular flexibility index (Phi) is 2.66. The lowest BCUT2D eigenvalue weighted by molar-refractivity contribution is 0.425. The third-order valence-electron chi connectivity index (χ3n) is 1.15. The molecule has 0 aliphatic heterocycles. The van der Waals surface area contributed by atoms with E-state index in [0.717, 1.165) is 13.0 Å². The molecule has 0 atom stereocenters. The highest BCUT2D eigenvalue weighted by atomic mass is 16.5. The van der Waals surface area contributed by atoms with Crippen LogP contribution in [0.25, 0.3) is 0 Å². The molecule has 1 aromatic heterocycles. The summed E-state index contributed by atoms with van der Waals surface area (Å²) in [6.07, 6.45) is 2.72. The minimum absolute atomic E-state index is 0.476. The number of aryl methyl sites for hydroxylation is 1. The van der Waals surface area contributed by atoms with Gasteiger partial charge in [0, 0.05) is 6.54 Å². The quantitative estimate of drug-likeness (QED) is 0.524. The molecule has 0 radical (unpaired) electrons. The smallest absolute Gasteiger partial charge is 0.321 e. The molecule has 4 heteroatoms. The van der Waals surface area contributed by atoms with Crippen molar-refractivity contribution < 1.29 is 4.52 Å². The molecule has 11 heavy (non-hydrogen) atoms. The first-order valence-corrected chi connectivity index (χ1v) is 3.48. The van der Waals surface area contributed by atoms with Crippen molar-refractivity contribution in [3.8, 4) is 0 Å². The molecule has 1 N–H and O–H groups in total. The average Bonchev–Trinajstić information content (AvgIpc) is 2.37. The minimum Gasteiger partial charge on any atom is -0.337 e. The monoisotopic (exact) mass is 153 g/mol. The zero-order valence-corrected chi connectivity index (χ0v) is 6.50. The van der Waals surface area contributed by atoms with Crippen LogP contribution in [-0.4, -0.2) is 16.7 Å². The first-order chi connectivity index (χ1) is 5.33. The van der Waals surface area contributed by atoms with E-state index in [2.05, 4.69) is 22.0 Å². The van der Waals surface area contributed by atoms with E-state index >= 15 is 0 Å². The summed E-state index contributed by atoms with van der Waals surface area (Å²) < 4.78 is 4.80. The summed E-state index contributed by atoms with van der Waals surface area (Å²) in [7, 11) is 0. The van der Waals surface area contributed by atoms with Gasteiger partial charge in [-0.2, -0.15) is 4.98 Å². The fourth-order valence-electron chi connectivity index (χ4n) is 0.650. The molecule has 0 spiro atoms. The van der Waals surface area contributed by atoms with E-state index in [0.29, 0.717) is 11.8 Å². The normalized spacial score (nSPS) is 9.55. The van der Waals surface area contributed by atoms with Crippen LogP contribution in [0.4, 0.5) is 6.01 Å². The molecular formula is C7H11N3O. The van der Waals surface area contributed by atoms with Crippen molar-refractivity contribution in [2.75, 3.05) is 11.9 Å². The first-order valence-electron chi connectivity index (χ1n) is 3.48. The second-order valence-electron chi connectivity index (χ2n) is 2.15. The molecule has 0 amide bonds. The summed E-state index contributed by atoms with van der Waals surface area (Å²) in [6.45, 7) is 6.15. The molecule has 1 aromatic rings. The summed E-state index contributed by atoms with van der Waals surface area (Å²) in [5.41, 5.74) is 0. The molecule has 60 valence electrons. The fourth-order valence-corrected chi connectivity index (χ4v) is 0.650. The van der Waals surface area contributed by atoms with Crippen LogP contribution in [0.3, 0.4) is 0 Å². The Bertz CT molecular complexity index is 231. The van der Waals surface area contributed by atoms with Crippen LogP contribution in [0.2, 0.25) is 0 Å². The number of nitrogens with one attached hydrogen (secondary N) is 1. The molecule has 0 unspecified atom stereocenters. The summed E-state index contributed by atoms with van der Waals surface area (Å²) in [4.78, 5) is 3.96. The van der Waals surface area contributed by atoms with Gasteiger partial charge >= 0.3 is 6.01 Å². The number of aromatic nitrogens is 2. The standard InChI is InChI=1S/C7H11N3O/c1-3-4-5-8-7-9-6(2)10-11-7/h3H,1,4-5H2,2H3,(H,8,9,10). The average molecular weight is 153 g/mol. The molecule has 0 saturated heterocycles. The van der Waals surface area contributed by atoms with Crippen LogP contribution in [0, 0.1) is 6.92 Å². The zero-order valence-electron chi connectivity index (χ0n) is 6.50. The van der Waals surface area contributed by atoms with Crippen LogP contribution in [0.15, 0.2) is 17.2 Å². The maximum atomic E-state index is 4.80. The molecule has 0 fully saturated rings. The van der Waals surface area contributed by atoms with Gasteiger partial charge in [0.2, 0.25) is 0 Å². The van der Waals surface area contributed by atoms with Gasteiger partial charge in [-0.15, -0.1) is 6.58 Å². The van der Waals surface area contributed by atoms with Crippen molar-refractivity contribution in [3.63, 3.8) is 0 Å². The Morgan fingerprint density at radius 2 is 2.55 bits per heavy atom. The predicted molar refractivity (Wildman–Crippen MR) is 42.3 cm³/mol. The van der Waals surface area contributed by atoms with E-state index < -0.39 is 0 Å². The SMILES string of the molecule is C=CCCNc1nc(C)no1. The summed E-state index contributed by atoms with van der Waals surface area (Å²) in [6, 6.07) is 0.476. The van der Waals surface area contributed by atoms with Crippen molar-refractivity contribution in [1.82, 2.24) is 10.1 Å². The van der Waals surface area contributed by atoms with Crippen molar-refractivity contribution in [2.24, 2.45) is 0 Å². The molecule has 4 nitrogen and oxygen atoms in total. The molecule has 1 heterocycles. The number of nitrogens with zero attached hydrogens (tertiary/aromatic N) is 2. The van der Waals surface area contributed by atoms with Gasteiger partial charge in [-0.25, -0.2) is 0 Å². The molecule has 0 bridgehead atoms. The van der Waals surface area contributed by atoms with Gasteiger partial charge in [-0.05, 0) is 13.3 Å². The zero-order chi connectivity index (χ0) is 8.10. The minimum atomic E-state index is 0.476.